The van der Waals surface area contributed by atoms with Crippen molar-refractivity contribution >= 4 is 5.97 Å². The summed E-state index contributed by atoms with van der Waals surface area (Å²) in [6.45, 7) is 4.34. The Kier molecular flexibility index (Phi) is 6.20. The number of nitrogens with zero attached hydrogens (tertiary/aromatic N) is 1. The normalized spacial score (nSPS) is 22.1. The van der Waals surface area contributed by atoms with Crippen LogP contribution in [0.1, 0.15) is 33.1 Å². The first kappa shape index (κ1) is 16.2. The molecule has 1 unspecified atom stereocenters. The second kappa shape index (κ2) is 7.66. The molecule has 0 bridgehead atoms. The molecule has 4 nitrogen and oxygen atoms in total. The van der Waals surface area contributed by atoms with Gasteiger partial charge in [0.05, 0.1) is 12.2 Å². The summed E-state index contributed by atoms with van der Waals surface area (Å²) in [7, 11) is 1.66. The van der Waals surface area contributed by atoms with E-state index in [-0.39, 0.29) is 11.2 Å². The lowest BCUT2D eigenvalue weighted by atomic mass is 9.93. The van der Waals surface area contributed by atoms with E-state index in [2.05, 4.69) is 0 Å². The van der Waals surface area contributed by atoms with E-state index >= 15 is 0 Å². The van der Waals surface area contributed by atoms with E-state index in [1.54, 1.807) is 13.2 Å². The molecule has 1 aliphatic carbocycles. The zero-order valence-electron chi connectivity index (χ0n) is 12.3. The zero-order chi connectivity index (χ0) is 15.0. The Balaban J connectivity index is 2.70. The maximum absolute atomic E-state index is 11.7. The highest BCUT2D eigenvalue weighted by molar-refractivity contribution is 5.93. The molecule has 0 saturated heterocycles. The van der Waals surface area contributed by atoms with E-state index in [9.17, 15) is 4.79 Å². The lowest BCUT2D eigenvalue weighted by molar-refractivity contribution is -0.138. The molecule has 0 aromatic rings. The monoisotopic (exact) mass is 275 g/mol. The number of ether oxygens (including phenoxy) is 2. The Morgan fingerprint density at radius 3 is 2.85 bits per heavy atom. The average Bonchev–Trinajstić information content (AvgIpc) is 2.47. The lowest BCUT2D eigenvalue weighted by Crippen LogP contribution is -2.25. The van der Waals surface area contributed by atoms with Gasteiger partial charge in [-0.1, -0.05) is 31.6 Å². The van der Waals surface area contributed by atoms with Crippen molar-refractivity contribution in [3.05, 3.63) is 35.5 Å². The number of methoxy groups -OCH3 is 1. The number of rotatable bonds is 6. The summed E-state index contributed by atoms with van der Waals surface area (Å²) in [6, 6.07) is 1.89. The Morgan fingerprint density at radius 2 is 2.35 bits per heavy atom. The summed E-state index contributed by atoms with van der Waals surface area (Å²) in [5, 5.41) is 9.04. The van der Waals surface area contributed by atoms with Crippen LogP contribution < -0.4 is 0 Å². The van der Waals surface area contributed by atoms with Crippen molar-refractivity contribution in [1.29, 1.82) is 5.26 Å². The summed E-state index contributed by atoms with van der Waals surface area (Å²) in [5.41, 5.74) is 0.535. The summed E-state index contributed by atoms with van der Waals surface area (Å²) >= 11 is 0. The number of hydrogen-bond donors (Lipinski definition) is 0. The molecule has 0 spiro atoms. The first-order valence-electron chi connectivity index (χ1n) is 6.78. The van der Waals surface area contributed by atoms with Gasteiger partial charge in [-0.3, -0.25) is 0 Å². The molecular weight excluding hydrogens is 254 g/mol. The Morgan fingerprint density at radius 1 is 1.60 bits per heavy atom. The number of allylic oxidation sites excluding steroid dienone is 3. The van der Waals surface area contributed by atoms with E-state index < -0.39 is 5.97 Å². The van der Waals surface area contributed by atoms with Crippen LogP contribution >= 0.6 is 0 Å². The molecule has 0 amide bonds. The van der Waals surface area contributed by atoms with Gasteiger partial charge >= 0.3 is 5.97 Å². The molecule has 4 heteroatoms. The number of nitriles is 1. The first-order valence-corrected chi connectivity index (χ1v) is 6.78. The molecule has 1 aliphatic rings. The summed E-state index contributed by atoms with van der Waals surface area (Å²) in [6.07, 6.45) is 9.73. The maximum Gasteiger partial charge on any atom is 0.348 e. The quantitative estimate of drug-likeness (QED) is 0.323. The molecule has 0 aromatic carbocycles. The fourth-order valence-electron chi connectivity index (χ4n) is 1.68. The minimum absolute atomic E-state index is 0.0259. The van der Waals surface area contributed by atoms with Crippen LogP contribution in [0.25, 0.3) is 0 Å². The van der Waals surface area contributed by atoms with Crippen LogP contribution in [0.3, 0.4) is 0 Å². The molecule has 0 radical (unpaired) electrons. The summed E-state index contributed by atoms with van der Waals surface area (Å²) < 4.78 is 10.4. The van der Waals surface area contributed by atoms with Crippen LogP contribution in [-0.2, 0) is 14.3 Å². The van der Waals surface area contributed by atoms with Crippen LogP contribution in [0, 0.1) is 11.3 Å². The summed E-state index contributed by atoms with van der Waals surface area (Å²) in [5.74, 6) is -0.560. The van der Waals surface area contributed by atoms with Gasteiger partial charge < -0.3 is 9.47 Å². The van der Waals surface area contributed by atoms with Crippen LogP contribution in [0.2, 0.25) is 0 Å². The average molecular weight is 275 g/mol. The minimum Gasteiger partial charge on any atom is -0.462 e. The molecule has 0 N–H and O–H groups in total. The van der Waals surface area contributed by atoms with E-state index in [0.717, 1.165) is 18.4 Å². The highest BCUT2D eigenvalue weighted by Gasteiger charge is 2.21. The fourth-order valence-corrected chi connectivity index (χ4v) is 1.68. The van der Waals surface area contributed by atoms with Gasteiger partial charge in [0, 0.05) is 7.11 Å². The molecular formula is C16H21NO3. The highest BCUT2D eigenvalue weighted by atomic mass is 16.5. The second-order valence-electron chi connectivity index (χ2n) is 4.92. The van der Waals surface area contributed by atoms with Gasteiger partial charge in [0.25, 0.3) is 0 Å². The van der Waals surface area contributed by atoms with Crippen molar-refractivity contribution in [1.82, 2.24) is 0 Å². The van der Waals surface area contributed by atoms with E-state index in [1.807, 2.05) is 38.1 Å². The van der Waals surface area contributed by atoms with Crippen LogP contribution in [0.4, 0.5) is 0 Å². The zero-order valence-corrected chi connectivity index (χ0v) is 12.3. The van der Waals surface area contributed by atoms with Gasteiger partial charge in [0.15, 0.2) is 0 Å². The molecule has 20 heavy (non-hydrogen) atoms. The van der Waals surface area contributed by atoms with Crippen molar-refractivity contribution in [3.63, 3.8) is 0 Å². The first-order chi connectivity index (χ1) is 9.54. The maximum atomic E-state index is 11.7. The molecule has 0 aromatic heterocycles. The Bertz CT molecular complexity index is 482. The molecule has 0 aliphatic heterocycles. The van der Waals surface area contributed by atoms with Crippen LogP contribution in [0.15, 0.2) is 35.5 Å². The van der Waals surface area contributed by atoms with Crippen molar-refractivity contribution in [2.24, 2.45) is 0 Å². The van der Waals surface area contributed by atoms with Gasteiger partial charge in [0.1, 0.15) is 11.6 Å². The van der Waals surface area contributed by atoms with E-state index in [0.29, 0.717) is 13.0 Å². The highest BCUT2D eigenvalue weighted by Crippen LogP contribution is 2.24. The van der Waals surface area contributed by atoms with E-state index in [1.165, 1.54) is 0 Å². The standard InChI is InChI=1S/C16H21NO3/c1-4-5-10-20-15(18)14(12-17)11-13-6-8-16(2,19-3)9-7-13/h6-8,11H,4-5,9-10H2,1-3H3. The minimum atomic E-state index is -0.560. The van der Waals surface area contributed by atoms with Gasteiger partial charge in [-0.05, 0) is 31.4 Å². The van der Waals surface area contributed by atoms with Gasteiger partial charge in [-0.25, -0.2) is 4.79 Å². The Hall–Kier alpha value is -1.86. The van der Waals surface area contributed by atoms with Crippen molar-refractivity contribution < 1.29 is 14.3 Å². The third-order valence-corrected chi connectivity index (χ3v) is 3.22. The number of esters is 1. The van der Waals surface area contributed by atoms with Crippen LogP contribution in [-0.4, -0.2) is 25.3 Å². The number of carbonyl (C=O) groups is 1. The predicted octanol–water partition coefficient (Wildman–Crippen LogP) is 3.07. The SMILES string of the molecule is CCCCOC(=O)C(C#N)=CC1=CCC(C)(OC)C=C1. The van der Waals surface area contributed by atoms with Gasteiger partial charge in [0.2, 0.25) is 0 Å². The molecule has 108 valence electrons. The lowest BCUT2D eigenvalue weighted by Gasteiger charge is -2.25. The molecule has 1 rings (SSSR count). The topological polar surface area (TPSA) is 59.3 Å². The smallest absolute Gasteiger partial charge is 0.348 e. The third kappa shape index (κ3) is 4.67. The van der Waals surface area contributed by atoms with Crippen molar-refractivity contribution in [3.8, 4) is 6.07 Å². The largest absolute Gasteiger partial charge is 0.462 e. The molecule has 0 heterocycles. The summed E-state index contributed by atoms with van der Waals surface area (Å²) in [4.78, 5) is 11.7. The molecule has 1 atom stereocenters. The van der Waals surface area contributed by atoms with E-state index in [4.69, 9.17) is 14.7 Å². The fraction of sp³-hybridized carbons (Fsp3) is 0.500. The third-order valence-electron chi connectivity index (χ3n) is 3.22. The predicted molar refractivity (Wildman–Crippen MR) is 76.8 cm³/mol. The second-order valence-corrected chi connectivity index (χ2v) is 4.92. The molecule has 0 saturated carbocycles. The van der Waals surface area contributed by atoms with Gasteiger partial charge in [-0.2, -0.15) is 5.26 Å². The number of hydrogen-bond acceptors (Lipinski definition) is 4. The number of unbranched alkanes of at least 4 members (excludes halogenated alkanes) is 1. The van der Waals surface area contributed by atoms with Crippen molar-refractivity contribution in [2.75, 3.05) is 13.7 Å². The molecule has 0 fully saturated rings. The Labute approximate surface area is 120 Å². The van der Waals surface area contributed by atoms with Gasteiger partial charge in [-0.15, -0.1) is 0 Å². The number of carbonyl (C=O) groups excluding carboxylic acids is 1. The van der Waals surface area contributed by atoms with Crippen LogP contribution in [0.5, 0.6) is 0 Å². The van der Waals surface area contributed by atoms with Crippen molar-refractivity contribution in [2.45, 2.75) is 38.7 Å².